The predicted molar refractivity (Wildman–Crippen MR) is 90.9 cm³/mol. The van der Waals surface area contributed by atoms with Gasteiger partial charge in [-0.1, -0.05) is 29.3 Å². The maximum atomic E-state index is 6.39. The Hall–Kier alpha value is 0.300. The number of benzene rings is 1. The number of nitrogens with one attached hydrogen (secondary N) is 1. The van der Waals surface area contributed by atoms with Crippen LogP contribution in [0.2, 0.25) is 10.0 Å². The van der Waals surface area contributed by atoms with E-state index in [1.54, 1.807) is 0 Å². The predicted octanol–water partition coefficient (Wildman–Crippen LogP) is 4.19. The highest BCUT2D eigenvalue weighted by Crippen LogP contribution is 2.48. The van der Waals surface area contributed by atoms with Crippen LogP contribution in [0.25, 0.3) is 0 Å². The Morgan fingerprint density at radius 1 is 1.05 bits per heavy atom. The van der Waals surface area contributed by atoms with Gasteiger partial charge in [0, 0.05) is 47.8 Å². The zero-order valence-corrected chi connectivity index (χ0v) is 14.3. The molecule has 1 aliphatic heterocycles. The number of hydrogen-bond donors (Lipinski definition) is 1. The van der Waals surface area contributed by atoms with Crippen molar-refractivity contribution in [3.8, 4) is 0 Å². The lowest BCUT2D eigenvalue weighted by Crippen LogP contribution is -2.45. The van der Waals surface area contributed by atoms with E-state index in [-0.39, 0.29) is 24.8 Å². The molecule has 1 saturated carbocycles. The van der Waals surface area contributed by atoms with Gasteiger partial charge in [0.05, 0.1) is 0 Å². The zero-order chi connectivity index (χ0) is 12.5. The molecule has 2 fully saturated rings. The fourth-order valence-electron chi connectivity index (χ4n) is 2.88. The molecular formula is C14H20Cl4N2. The van der Waals surface area contributed by atoms with Gasteiger partial charge in [-0.2, -0.15) is 0 Å². The summed E-state index contributed by atoms with van der Waals surface area (Å²) in [5, 5.41) is 5.04. The highest BCUT2D eigenvalue weighted by atomic mass is 35.5. The van der Waals surface area contributed by atoms with E-state index in [1.165, 1.54) is 12.8 Å². The van der Waals surface area contributed by atoms with Gasteiger partial charge in [-0.15, -0.1) is 24.8 Å². The van der Waals surface area contributed by atoms with E-state index in [0.29, 0.717) is 6.04 Å². The van der Waals surface area contributed by atoms with E-state index in [0.717, 1.165) is 47.7 Å². The van der Waals surface area contributed by atoms with Crippen molar-refractivity contribution in [2.45, 2.75) is 18.9 Å². The summed E-state index contributed by atoms with van der Waals surface area (Å²) in [7, 11) is 0. The van der Waals surface area contributed by atoms with Crippen LogP contribution in [0.1, 0.15) is 24.4 Å². The Morgan fingerprint density at radius 2 is 1.60 bits per heavy atom. The lowest BCUT2D eigenvalue weighted by Gasteiger charge is -2.36. The Balaban J connectivity index is 0.000001000. The van der Waals surface area contributed by atoms with Crippen molar-refractivity contribution in [2.24, 2.45) is 5.92 Å². The number of nitrogens with zero attached hydrogens (tertiary/aromatic N) is 1. The van der Waals surface area contributed by atoms with E-state index in [1.807, 2.05) is 18.2 Å². The van der Waals surface area contributed by atoms with Crippen LogP contribution in [0.5, 0.6) is 0 Å². The molecule has 1 N–H and O–H groups in total. The van der Waals surface area contributed by atoms with E-state index in [4.69, 9.17) is 23.2 Å². The largest absolute Gasteiger partial charge is 0.314 e. The van der Waals surface area contributed by atoms with Crippen molar-refractivity contribution in [1.82, 2.24) is 10.2 Å². The molecular weight excluding hydrogens is 338 g/mol. The molecule has 1 saturated heterocycles. The molecule has 1 atom stereocenters. The molecule has 0 aromatic heterocycles. The van der Waals surface area contributed by atoms with Crippen LogP contribution in [0.4, 0.5) is 0 Å². The molecule has 1 aromatic rings. The van der Waals surface area contributed by atoms with Gasteiger partial charge >= 0.3 is 0 Å². The SMILES string of the molecule is Cl.Cl.Clc1cccc(Cl)c1[C@@H](C1CC1)N1CCNCC1. The summed E-state index contributed by atoms with van der Waals surface area (Å²) in [6, 6.07) is 6.25. The first-order chi connectivity index (χ1) is 8.77. The van der Waals surface area contributed by atoms with Crippen molar-refractivity contribution in [1.29, 1.82) is 0 Å². The number of hydrogen-bond acceptors (Lipinski definition) is 2. The quantitative estimate of drug-likeness (QED) is 0.872. The summed E-state index contributed by atoms with van der Waals surface area (Å²) in [5.41, 5.74) is 1.14. The van der Waals surface area contributed by atoms with Crippen LogP contribution >= 0.6 is 48.0 Å². The van der Waals surface area contributed by atoms with Gasteiger partial charge in [-0.25, -0.2) is 0 Å². The highest BCUT2D eigenvalue weighted by molar-refractivity contribution is 6.36. The first-order valence-corrected chi connectivity index (χ1v) is 7.41. The van der Waals surface area contributed by atoms with Crippen LogP contribution in [-0.2, 0) is 0 Å². The average molecular weight is 358 g/mol. The second-order valence-electron chi connectivity index (χ2n) is 5.20. The molecule has 0 spiro atoms. The van der Waals surface area contributed by atoms with Crippen LogP contribution in [0.3, 0.4) is 0 Å². The summed E-state index contributed by atoms with van der Waals surface area (Å²) in [4.78, 5) is 2.54. The lowest BCUT2D eigenvalue weighted by molar-refractivity contribution is 0.156. The zero-order valence-electron chi connectivity index (χ0n) is 11.1. The van der Waals surface area contributed by atoms with Gasteiger partial charge in [0.25, 0.3) is 0 Å². The van der Waals surface area contributed by atoms with Crippen LogP contribution in [0, 0.1) is 5.92 Å². The number of halogens is 4. The maximum Gasteiger partial charge on any atom is 0.0468 e. The van der Waals surface area contributed by atoms with Gasteiger partial charge in [0.1, 0.15) is 0 Å². The molecule has 1 aliphatic carbocycles. The number of piperazine rings is 1. The Morgan fingerprint density at radius 3 is 2.10 bits per heavy atom. The fourth-order valence-corrected chi connectivity index (χ4v) is 3.50. The lowest BCUT2D eigenvalue weighted by atomic mass is 9.99. The summed E-state index contributed by atoms with van der Waals surface area (Å²) in [5.74, 6) is 0.737. The Bertz CT molecular complexity index is 411. The standard InChI is InChI=1S/C14H18Cl2N2.2ClH/c15-11-2-1-3-12(16)13(11)14(10-4-5-10)18-8-6-17-7-9-18;;/h1-3,10,14,17H,4-9H2;2*1H/t14-;;/m1../s1. The van der Waals surface area contributed by atoms with Crippen LogP contribution < -0.4 is 5.32 Å². The summed E-state index contributed by atoms with van der Waals surface area (Å²) < 4.78 is 0. The van der Waals surface area contributed by atoms with Gasteiger partial charge < -0.3 is 5.32 Å². The molecule has 6 heteroatoms. The third kappa shape index (κ3) is 3.94. The van der Waals surface area contributed by atoms with Crippen LogP contribution in [-0.4, -0.2) is 31.1 Å². The first-order valence-electron chi connectivity index (χ1n) is 6.66. The molecule has 0 unspecified atom stereocenters. The van der Waals surface area contributed by atoms with E-state index in [2.05, 4.69) is 10.2 Å². The van der Waals surface area contributed by atoms with E-state index in [9.17, 15) is 0 Å². The van der Waals surface area contributed by atoms with E-state index >= 15 is 0 Å². The Kier molecular flexibility index (Phi) is 7.40. The van der Waals surface area contributed by atoms with Crippen molar-refractivity contribution in [3.63, 3.8) is 0 Å². The summed E-state index contributed by atoms with van der Waals surface area (Å²) in [6.07, 6.45) is 2.60. The molecule has 1 heterocycles. The van der Waals surface area contributed by atoms with Crippen molar-refractivity contribution in [3.05, 3.63) is 33.8 Å². The molecule has 2 aliphatic rings. The minimum absolute atomic E-state index is 0. The van der Waals surface area contributed by atoms with Crippen molar-refractivity contribution >= 4 is 48.0 Å². The van der Waals surface area contributed by atoms with E-state index < -0.39 is 0 Å². The van der Waals surface area contributed by atoms with Crippen molar-refractivity contribution < 1.29 is 0 Å². The van der Waals surface area contributed by atoms with Crippen molar-refractivity contribution in [2.75, 3.05) is 26.2 Å². The monoisotopic (exact) mass is 356 g/mol. The Labute approximate surface area is 143 Å². The molecule has 2 nitrogen and oxygen atoms in total. The molecule has 0 amide bonds. The number of rotatable bonds is 3. The molecule has 114 valence electrons. The van der Waals surface area contributed by atoms with Gasteiger partial charge in [0.2, 0.25) is 0 Å². The first kappa shape index (κ1) is 18.3. The minimum atomic E-state index is 0. The second kappa shape index (κ2) is 8.07. The third-order valence-electron chi connectivity index (χ3n) is 3.91. The minimum Gasteiger partial charge on any atom is -0.314 e. The topological polar surface area (TPSA) is 15.3 Å². The molecule has 20 heavy (non-hydrogen) atoms. The molecule has 0 radical (unpaired) electrons. The molecule has 0 bridgehead atoms. The second-order valence-corrected chi connectivity index (χ2v) is 6.02. The fraction of sp³-hybridized carbons (Fsp3) is 0.571. The maximum absolute atomic E-state index is 6.39. The van der Waals surface area contributed by atoms with Gasteiger partial charge in [-0.05, 0) is 30.9 Å². The molecule has 3 rings (SSSR count). The normalized spacial score (nSPS) is 20.7. The average Bonchev–Trinajstić information content (AvgIpc) is 3.19. The third-order valence-corrected chi connectivity index (χ3v) is 4.57. The van der Waals surface area contributed by atoms with Crippen LogP contribution in [0.15, 0.2) is 18.2 Å². The summed E-state index contributed by atoms with van der Waals surface area (Å²) in [6.45, 7) is 4.29. The van der Waals surface area contributed by atoms with Gasteiger partial charge in [0.15, 0.2) is 0 Å². The van der Waals surface area contributed by atoms with Gasteiger partial charge in [-0.3, -0.25) is 4.90 Å². The smallest absolute Gasteiger partial charge is 0.0468 e. The molecule has 1 aromatic carbocycles. The summed E-state index contributed by atoms with van der Waals surface area (Å²) >= 11 is 12.8. The highest BCUT2D eigenvalue weighted by Gasteiger charge is 2.38.